The number of fused-ring (bicyclic) bond motifs is 1. The molecule has 0 radical (unpaired) electrons. The number of aromatic nitrogens is 3. The van der Waals surface area contributed by atoms with Crippen LogP contribution in [0, 0.1) is 19.8 Å². The molecule has 2 aromatic heterocycles. The lowest BCUT2D eigenvalue weighted by Gasteiger charge is -2.14. The van der Waals surface area contributed by atoms with Crippen molar-refractivity contribution >= 4 is 32.7 Å². The Hall–Kier alpha value is -2.08. The van der Waals surface area contributed by atoms with Crippen LogP contribution < -0.4 is 5.32 Å². The highest BCUT2D eigenvalue weighted by Gasteiger charge is 2.19. The van der Waals surface area contributed by atoms with Crippen LogP contribution in [0.2, 0.25) is 0 Å². The normalized spacial score (nSPS) is 12.5. The smallest absolute Gasteiger partial charge is 0.269 e. The topological polar surface area (TPSA) is 51.9 Å². The first-order valence-electron chi connectivity index (χ1n) is 8.40. The first kappa shape index (κ1) is 17.7. The molecule has 6 heteroatoms. The molecule has 0 aliphatic rings. The largest absolute Gasteiger partial charge is 0.350 e. The van der Waals surface area contributed by atoms with E-state index in [1.807, 2.05) is 47.5 Å². The predicted octanol–water partition coefficient (Wildman–Crippen LogP) is 3.82. The Morgan fingerprint density at radius 2 is 2.04 bits per heavy atom. The summed E-state index contributed by atoms with van der Waals surface area (Å²) < 4.78 is 4.77. The number of halogens is 1. The summed E-state index contributed by atoms with van der Waals surface area (Å²) in [6.07, 6.45) is 0. The van der Waals surface area contributed by atoms with E-state index in [0.29, 0.717) is 12.2 Å². The van der Waals surface area contributed by atoms with E-state index in [1.165, 1.54) is 0 Å². The number of carbonyl (C=O) groups excluding carboxylic acids is 1. The van der Waals surface area contributed by atoms with Crippen LogP contribution in [-0.4, -0.2) is 26.8 Å². The van der Waals surface area contributed by atoms with Crippen LogP contribution in [0.25, 0.3) is 10.9 Å². The fourth-order valence-corrected chi connectivity index (χ4v) is 3.95. The minimum Gasteiger partial charge on any atom is -0.350 e. The van der Waals surface area contributed by atoms with Gasteiger partial charge in [-0.1, -0.05) is 25.1 Å². The van der Waals surface area contributed by atoms with Crippen molar-refractivity contribution in [3.05, 3.63) is 51.9 Å². The monoisotopic (exact) mass is 402 g/mol. The lowest BCUT2D eigenvalue weighted by molar-refractivity contribution is 0.0938. The van der Waals surface area contributed by atoms with Crippen LogP contribution in [0.4, 0.5) is 0 Å². The number of nitrogens with one attached hydrogen (secondary N) is 1. The maximum Gasteiger partial charge on any atom is 0.269 e. The van der Waals surface area contributed by atoms with Gasteiger partial charge in [-0.25, -0.2) is 0 Å². The zero-order valence-corrected chi connectivity index (χ0v) is 16.6. The summed E-state index contributed by atoms with van der Waals surface area (Å²) in [6.45, 7) is 7.56. The highest BCUT2D eigenvalue weighted by molar-refractivity contribution is 9.10. The third-order valence-electron chi connectivity index (χ3n) is 4.46. The van der Waals surface area contributed by atoms with Crippen LogP contribution in [0.1, 0.15) is 28.8 Å². The fourth-order valence-electron chi connectivity index (χ4n) is 3.17. The molecule has 0 aliphatic heterocycles. The molecule has 0 spiro atoms. The molecule has 0 saturated carbocycles. The van der Waals surface area contributed by atoms with Crippen LogP contribution in [-0.2, 0) is 13.6 Å². The number of aryl methyl sites for hydroxylation is 3. The minimum atomic E-state index is -0.0641. The molecular formula is C19H23BrN4O. The number of para-hydroxylation sites is 1. The van der Waals surface area contributed by atoms with E-state index in [9.17, 15) is 4.79 Å². The molecule has 1 amide bonds. The molecule has 0 fully saturated rings. The van der Waals surface area contributed by atoms with E-state index >= 15 is 0 Å². The molecule has 25 heavy (non-hydrogen) atoms. The van der Waals surface area contributed by atoms with Gasteiger partial charge in [-0.05, 0) is 47.8 Å². The van der Waals surface area contributed by atoms with E-state index in [4.69, 9.17) is 0 Å². The summed E-state index contributed by atoms with van der Waals surface area (Å²) in [5, 5.41) is 8.59. The van der Waals surface area contributed by atoms with E-state index in [0.717, 1.165) is 33.3 Å². The Balaban J connectivity index is 1.70. The molecule has 5 nitrogen and oxygen atoms in total. The van der Waals surface area contributed by atoms with Crippen molar-refractivity contribution in [3.63, 3.8) is 0 Å². The van der Waals surface area contributed by atoms with Gasteiger partial charge in [-0.3, -0.25) is 9.48 Å². The van der Waals surface area contributed by atoms with Crippen LogP contribution in [0.3, 0.4) is 0 Å². The van der Waals surface area contributed by atoms with Gasteiger partial charge in [-0.15, -0.1) is 0 Å². The van der Waals surface area contributed by atoms with Gasteiger partial charge >= 0.3 is 0 Å². The Morgan fingerprint density at radius 1 is 1.32 bits per heavy atom. The Bertz CT molecular complexity index is 886. The second kappa shape index (κ2) is 7.04. The minimum absolute atomic E-state index is 0.0641. The number of hydrogen-bond acceptors (Lipinski definition) is 2. The standard InChI is InChI=1S/C19H23BrN4O/c1-12(11-24-14(3)9-13(2)22-24)10-21-19(25)18-17(20)15-7-5-6-8-16(15)23(18)4/h5-9,12H,10-11H2,1-4H3,(H,21,25). The molecule has 3 aromatic rings. The van der Waals surface area contributed by atoms with Crippen molar-refractivity contribution in [2.24, 2.45) is 13.0 Å². The quantitative estimate of drug-likeness (QED) is 0.704. The van der Waals surface area contributed by atoms with E-state index in [-0.39, 0.29) is 11.8 Å². The summed E-state index contributed by atoms with van der Waals surface area (Å²) in [6, 6.07) is 10.1. The molecule has 132 valence electrons. The summed E-state index contributed by atoms with van der Waals surface area (Å²) in [4.78, 5) is 12.7. The predicted molar refractivity (Wildman–Crippen MR) is 104 cm³/mol. The SMILES string of the molecule is Cc1cc(C)n(CC(C)CNC(=O)c2c(Br)c3ccccc3n2C)n1. The summed E-state index contributed by atoms with van der Waals surface area (Å²) in [7, 11) is 1.92. The summed E-state index contributed by atoms with van der Waals surface area (Å²) >= 11 is 3.58. The molecule has 1 unspecified atom stereocenters. The van der Waals surface area contributed by atoms with Gasteiger partial charge in [-0.2, -0.15) is 5.10 Å². The highest BCUT2D eigenvalue weighted by atomic mass is 79.9. The zero-order valence-electron chi connectivity index (χ0n) is 15.0. The molecule has 2 heterocycles. The second-order valence-electron chi connectivity index (χ2n) is 6.66. The van der Waals surface area contributed by atoms with Crippen LogP contribution in [0.15, 0.2) is 34.8 Å². The Morgan fingerprint density at radius 3 is 2.68 bits per heavy atom. The molecule has 1 aromatic carbocycles. The van der Waals surface area contributed by atoms with Crippen LogP contribution in [0.5, 0.6) is 0 Å². The molecule has 1 atom stereocenters. The molecule has 1 N–H and O–H groups in total. The average Bonchev–Trinajstić information content (AvgIpc) is 3.02. The van der Waals surface area contributed by atoms with Crippen molar-refractivity contribution < 1.29 is 4.79 Å². The average molecular weight is 403 g/mol. The fraction of sp³-hybridized carbons (Fsp3) is 0.368. The maximum atomic E-state index is 12.7. The number of nitrogens with zero attached hydrogens (tertiary/aromatic N) is 3. The number of benzene rings is 1. The van der Waals surface area contributed by atoms with Gasteiger partial charge in [0.2, 0.25) is 0 Å². The number of rotatable bonds is 5. The maximum absolute atomic E-state index is 12.7. The van der Waals surface area contributed by atoms with Crippen molar-refractivity contribution in [2.75, 3.05) is 6.54 Å². The molecule has 0 aliphatic carbocycles. The third-order valence-corrected chi connectivity index (χ3v) is 5.26. The lowest BCUT2D eigenvalue weighted by Crippen LogP contribution is -2.31. The van der Waals surface area contributed by atoms with Crippen molar-refractivity contribution in [1.82, 2.24) is 19.7 Å². The highest BCUT2D eigenvalue weighted by Crippen LogP contribution is 2.30. The zero-order chi connectivity index (χ0) is 18.1. The third kappa shape index (κ3) is 3.49. The van der Waals surface area contributed by atoms with Crippen molar-refractivity contribution in [1.29, 1.82) is 0 Å². The van der Waals surface area contributed by atoms with Crippen molar-refractivity contribution in [3.8, 4) is 0 Å². The van der Waals surface area contributed by atoms with Gasteiger partial charge < -0.3 is 9.88 Å². The number of hydrogen-bond donors (Lipinski definition) is 1. The van der Waals surface area contributed by atoms with Gasteiger partial charge in [0.05, 0.1) is 10.2 Å². The number of carbonyl (C=O) groups is 1. The van der Waals surface area contributed by atoms with Gasteiger partial charge in [0.1, 0.15) is 5.69 Å². The first-order valence-corrected chi connectivity index (χ1v) is 9.20. The van der Waals surface area contributed by atoms with E-state index in [1.54, 1.807) is 0 Å². The first-order chi connectivity index (χ1) is 11.9. The van der Waals surface area contributed by atoms with Gasteiger partial charge in [0, 0.05) is 36.7 Å². The second-order valence-corrected chi connectivity index (χ2v) is 7.46. The number of amides is 1. The summed E-state index contributed by atoms with van der Waals surface area (Å²) in [5.74, 6) is 0.223. The van der Waals surface area contributed by atoms with Crippen LogP contribution >= 0.6 is 15.9 Å². The molecule has 0 bridgehead atoms. The molecular weight excluding hydrogens is 380 g/mol. The van der Waals surface area contributed by atoms with Gasteiger partial charge in [0.15, 0.2) is 0 Å². The van der Waals surface area contributed by atoms with E-state index < -0.39 is 0 Å². The molecule has 0 saturated heterocycles. The molecule has 3 rings (SSSR count). The van der Waals surface area contributed by atoms with Crippen molar-refractivity contribution in [2.45, 2.75) is 27.3 Å². The Labute approximate surface area is 156 Å². The lowest BCUT2D eigenvalue weighted by atomic mass is 10.2. The summed E-state index contributed by atoms with van der Waals surface area (Å²) in [5.41, 5.74) is 3.86. The van der Waals surface area contributed by atoms with E-state index in [2.05, 4.69) is 46.3 Å². The van der Waals surface area contributed by atoms with Gasteiger partial charge in [0.25, 0.3) is 5.91 Å². The Kier molecular flexibility index (Phi) is 4.99.